The highest BCUT2D eigenvalue weighted by molar-refractivity contribution is 7.89. The van der Waals surface area contributed by atoms with Crippen molar-refractivity contribution in [3.63, 3.8) is 0 Å². The molecule has 110 valence electrons. The van der Waals surface area contributed by atoms with Gasteiger partial charge in [0, 0.05) is 6.61 Å². The second-order valence-electron chi connectivity index (χ2n) is 4.87. The van der Waals surface area contributed by atoms with Gasteiger partial charge in [-0.3, -0.25) is 0 Å². The minimum atomic E-state index is -3.43. The lowest BCUT2D eigenvalue weighted by Gasteiger charge is -2.19. The van der Waals surface area contributed by atoms with Crippen LogP contribution in [0.3, 0.4) is 0 Å². The van der Waals surface area contributed by atoms with E-state index in [4.69, 9.17) is 14.6 Å². The van der Waals surface area contributed by atoms with E-state index in [0.29, 0.717) is 19.8 Å². The van der Waals surface area contributed by atoms with Crippen LogP contribution in [0.1, 0.15) is 33.6 Å². The Kier molecular flexibility index (Phi) is 9.63. The fourth-order valence-electron chi connectivity index (χ4n) is 1.43. The van der Waals surface area contributed by atoms with Crippen LogP contribution < -0.4 is 5.14 Å². The van der Waals surface area contributed by atoms with Crippen LogP contribution in [0.4, 0.5) is 0 Å². The Morgan fingerprint density at radius 3 is 2.22 bits per heavy atom. The molecule has 5 nitrogen and oxygen atoms in total. The van der Waals surface area contributed by atoms with E-state index in [-0.39, 0.29) is 17.6 Å². The first-order valence-electron chi connectivity index (χ1n) is 6.52. The maximum Gasteiger partial charge on any atom is 0.209 e. The highest BCUT2D eigenvalue weighted by atomic mass is 32.2. The Balaban J connectivity index is 3.72. The molecule has 0 heterocycles. The van der Waals surface area contributed by atoms with Crippen LogP contribution in [0, 0.1) is 11.8 Å². The number of rotatable bonds is 11. The highest BCUT2D eigenvalue weighted by Crippen LogP contribution is 2.12. The molecule has 18 heavy (non-hydrogen) atoms. The van der Waals surface area contributed by atoms with Crippen LogP contribution in [-0.4, -0.2) is 40.6 Å². The molecule has 0 aliphatic rings. The quantitative estimate of drug-likeness (QED) is 0.580. The maximum atomic E-state index is 11.1. The first-order valence-corrected chi connectivity index (χ1v) is 8.24. The first kappa shape index (κ1) is 17.8. The van der Waals surface area contributed by atoms with E-state index in [9.17, 15) is 8.42 Å². The molecule has 2 N–H and O–H groups in total. The summed E-state index contributed by atoms with van der Waals surface area (Å²) in [6.07, 6.45) is 2.17. The SMILES string of the molecule is CCCCOCCOCC(CS(N)(=O)=O)C(C)C. The average Bonchev–Trinajstić information content (AvgIpc) is 2.24. The first-order chi connectivity index (χ1) is 8.37. The van der Waals surface area contributed by atoms with E-state index in [2.05, 4.69) is 6.92 Å². The summed E-state index contributed by atoms with van der Waals surface area (Å²) in [5, 5.41) is 5.05. The van der Waals surface area contributed by atoms with E-state index >= 15 is 0 Å². The van der Waals surface area contributed by atoms with Crippen LogP contribution in [-0.2, 0) is 19.5 Å². The van der Waals surface area contributed by atoms with E-state index in [1.807, 2.05) is 13.8 Å². The van der Waals surface area contributed by atoms with Crippen molar-refractivity contribution in [1.82, 2.24) is 0 Å². The van der Waals surface area contributed by atoms with Crippen LogP contribution >= 0.6 is 0 Å². The molecule has 0 rings (SSSR count). The van der Waals surface area contributed by atoms with Crippen LogP contribution in [0.5, 0.6) is 0 Å². The third-order valence-electron chi connectivity index (χ3n) is 2.74. The number of primary sulfonamides is 1. The molecule has 0 aliphatic carbocycles. The van der Waals surface area contributed by atoms with Gasteiger partial charge in [-0.2, -0.15) is 0 Å². The lowest BCUT2D eigenvalue weighted by atomic mass is 9.99. The van der Waals surface area contributed by atoms with E-state index in [1.165, 1.54) is 0 Å². The zero-order chi connectivity index (χ0) is 14.0. The maximum absolute atomic E-state index is 11.1. The van der Waals surface area contributed by atoms with Crippen molar-refractivity contribution in [1.29, 1.82) is 0 Å². The fourth-order valence-corrected chi connectivity index (χ4v) is 2.51. The van der Waals surface area contributed by atoms with Crippen molar-refractivity contribution in [3.05, 3.63) is 0 Å². The van der Waals surface area contributed by atoms with Gasteiger partial charge >= 0.3 is 0 Å². The van der Waals surface area contributed by atoms with Gasteiger partial charge in [-0.15, -0.1) is 0 Å². The summed E-state index contributed by atoms with van der Waals surface area (Å²) >= 11 is 0. The van der Waals surface area contributed by atoms with Gasteiger partial charge in [0.25, 0.3) is 0 Å². The van der Waals surface area contributed by atoms with Crippen molar-refractivity contribution < 1.29 is 17.9 Å². The van der Waals surface area contributed by atoms with Crippen molar-refractivity contribution >= 4 is 10.0 Å². The average molecular weight is 281 g/mol. The Morgan fingerprint density at radius 1 is 1.11 bits per heavy atom. The molecule has 0 saturated heterocycles. The van der Waals surface area contributed by atoms with Gasteiger partial charge in [0.2, 0.25) is 10.0 Å². The van der Waals surface area contributed by atoms with Gasteiger partial charge in [0.1, 0.15) is 0 Å². The third kappa shape index (κ3) is 11.0. The number of sulfonamides is 1. The molecular formula is C12H27NO4S. The molecule has 0 amide bonds. The van der Waals surface area contributed by atoms with Crippen molar-refractivity contribution in [2.45, 2.75) is 33.6 Å². The molecular weight excluding hydrogens is 254 g/mol. The Hall–Kier alpha value is -0.170. The summed E-state index contributed by atoms with van der Waals surface area (Å²) in [4.78, 5) is 0. The van der Waals surface area contributed by atoms with Crippen LogP contribution in [0.25, 0.3) is 0 Å². The smallest absolute Gasteiger partial charge is 0.209 e. The van der Waals surface area contributed by atoms with Crippen LogP contribution in [0.2, 0.25) is 0 Å². The molecule has 0 radical (unpaired) electrons. The largest absolute Gasteiger partial charge is 0.379 e. The molecule has 0 aliphatic heterocycles. The number of hydrogen-bond acceptors (Lipinski definition) is 4. The number of hydrogen-bond donors (Lipinski definition) is 1. The topological polar surface area (TPSA) is 78.6 Å². The standard InChI is InChI=1S/C12H27NO4S/c1-4-5-6-16-7-8-17-9-12(11(2)3)10-18(13,14)15/h11-12H,4-10H2,1-3H3,(H2,13,14,15). The monoisotopic (exact) mass is 281 g/mol. The number of nitrogens with two attached hydrogens (primary N) is 1. The molecule has 1 unspecified atom stereocenters. The highest BCUT2D eigenvalue weighted by Gasteiger charge is 2.19. The molecule has 0 saturated carbocycles. The molecule has 0 spiro atoms. The summed E-state index contributed by atoms with van der Waals surface area (Å²) in [7, 11) is -3.43. The molecule has 6 heteroatoms. The molecule has 0 bridgehead atoms. The number of unbranched alkanes of at least 4 members (excludes halogenated alkanes) is 1. The van der Waals surface area contributed by atoms with Gasteiger partial charge in [-0.05, 0) is 18.3 Å². The van der Waals surface area contributed by atoms with E-state index in [0.717, 1.165) is 19.4 Å². The van der Waals surface area contributed by atoms with Crippen molar-refractivity contribution in [2.75, 3.05) is 32.2 Å². The van der Waals surface area contributed by atoms with Gasteiger partial charge in [-0.1, -0.05) is 27.2 Å². The molecule has 0 aromatic carbocycles. The van der Waals surface area contributed by atoms with E-state index in [1.54, 1.807) is 0 Å². The van der Waals surface area contributed by atoms with Gasteiger partial charge in [0.15, 0.2) is 0 Å². The predicted octanol–water partition coefficient (Wildman–Crippen LogP) is 1.38. The third-order valence-corrected chi connectivity index (χ3v) is 3.63. The second-order valence-corrected chi connectivity index (χ2v) is 6.53. The fraction of sp³-hybridized carbons (Fsp3) is 1.00. The van der Waals surface area contributed by atoms with E-state index < -0.39 is 10.0 Å². The normalized spacial score (nSPS) is 14.1. The summed E-state index contributed by atoms with van der Waals surface area (Å²) in [5.74, 6) is 0.140. The molecule has 0 aromatic heterocycles. The Labute approximate surface area is 111 Å². The lowest BCUT2D eigenvalue weighted by Crippen LogP contribution is -2.29. The minimum Gasteiger partial charge on any atom is -0.379 e. The lowest BCUT2D eigenvalue weighted by molar-refractivity contribution is 0.0292. The predicted molar refractivity (Wildman–Crippen MR) is 72.8 cm³/mol. The zero-order valence-electron chi connectivity index (χ0n) is 11.7. The molecule has 1 atom stereocenters. The summed E-state index contributed by atoms with van der Waals surface area (Å²) in [5.41, 5.74) is 0. The van der Waals surface area contributed by atoms with Crippen molar-refractivity contribution in [2.24, 2.45) is 17.0 Å². The number of ether oxygens (including phenoxy) is 2. The van der Waals surface area contributed by atoms with Gasteiger partial charge in [-0.25, -0.2) is 13.6 Å². The summed E-state index contributed by atoms with van der Waals surface area (Å²) in [6.45, 7) is 8.27. The molecule has 0 aromatic rings. The summed E-state index contributed by atoms with van der Waals surface area (Å²) < 4.78 is 32.9. The minimum absolute atomic E-state index is 0.0264. The Morgan fingerprint density at radius 2 is 1.72 bits per heavy atom. The second kappa shape index (κ2) is 9.72. The van der Waals surface area contributed by atoms with Gasteiger partial charge < -0.3 is 9.47 Å². The molecule has 0 fully saturated rings. The van der Waals surface area contributed by atoms with Gasteiger partial charge in [0.05, 0.1) is 25.6 Å². The summed E-state index contributed by atoms with van der Waals surface area (Å²) in [6, 6.07) is 0. The Bertz CT molecular complexity index is 290. The van der Waals surface area contributed by atoms with Crippen LogP contribution in [0.15, 0.2) is 0 Å². The van der Waals surface area contributed by atoms with Crippen molar-refractivity contribution in [3.8, 4) is 0 Å². The zero-order valence-corrected chi connectivity index (χ0v) is 12.5.